The zero-order valence-electron chi connectivity index (χ0n) is 16.7. The lowest BCUT2D eigenvalue weighted by molar-refractivity contribution is 0.241. The summed E-state index contributed by atoms with van der Waals surface area (Å²) < 4.78 is 20.3. The number of hydrogen-bond donors (Lipinski definition) is 0. The fourth-order valence-electron chi connectivity index (χ4n) is 3.27. The zero-order chi connectivity index (χ0) is 20.4. The first-order valence-corrected chi connectivity index (χ1v) is 9.53. The van der Waals surface area contributed by atoms with Gasteiger partial charge < -0.3 is 4.52 Å². The van der Waals surface area contributed by atoms with E-state index in [1.54, 1.807) is 18.4 Å². The van der Waals surface area contributed by atoms with Crippen molar-refractivity contribution in [3.05, 3.63) is 89.7 Å². The summed E-state index contributed by atoms with van der Waals surface area (Å²) in [5.74, 6) is -0.259. The summed E-state index contributed by atoms with van der Waals surface area (Å²) in [4.78, 5) is 2.18. The van der Waals surface area contributed by atoms with E-state index in [0.717, 1.165) is 28.2 Å². The fourth-order valence-corrected chi connectivity index (χ4v) is 3.27. The maximum absolute atomic E-state index is 13.4. The number of benzene rings is 2. The quantitative estimate of drug-likeness (QED) is 0.456. The highest BCUT2D eigenvalue weighted by molar-refractivity contribution is 5.63. The van der Waals surface area contributed by atoms with Crippen molar-refractivity contribution in [1.29, 1.82) is 0 Å². The van der Waals surface area contributed by atoms with Crippen molar-refractivity contribution in [3.63, 3.8) is 0 Å². The van der Waals surface area contributed by atoms with Gasteiger partial charge >= 0.3 is 0 Å². The minimum absolute atomic E-state index is 0.0811. The predicted molar refractivity (Wildman–Crippen MR) is 110 cm³/mol. The van der Waals surface area contributed by atoms with Crippen LogP contribution in [0, 0.1) is 12.7 Å². The average molecular weight is 390 g/mol. The molecule has 0 fully saturated rings. The van der Waals surface area contributed by atoms with Crippen LogP contribution in [0.4, 0.5) is 4.39 Å². The second-order valence-electron chi connectivity index (χ2n) is 7.31. The van der Waals surface area contributed by atoms with Gasteiger partial charge in [0.2, 0.25) is 0 Å². The van der Waals surface area contributed by atoms with Gasteiger partial charge in [-0.2, -0.15) is 5.10 Å². The van der Waals surface area contributed by atoms with Crippen LogP contribution in [0.15, 0.2) is 71.6 Å². The van der Waals surface area contributed by atoms with Gasteiger partial charge in [0, 0.05) is 29.9 Å². The van der Waals surface area contributed by atoms with E-state index >= 15 is 0 Å². The van der Waals surface area contributed by atoms with Crippen LogP contribution < -0.4 is 0 Å². The second-order valence-corrected chi connectivity index (χ2v) is 7.31. The van der Waals surface area contributed by atoms with Gasteiger partial charge in [-0.05, 0) is 57.3 Å². The molecule has 29 heavy (non-hydrogen) atoms. The molecule has 2 heterocycles. The van der Waals surface area contributed by atoms with E-state index < -0.39 is 0 Å². The lowest BCUT2D eigenvalue weighted by atomic mass is 10.1. The van der Waals surface area contributed by atoms with E-state index in [1.165, 1.54) is 17.7 Å². The Morgan fingerprint density at radius 2 is 1.79 bits per heavy atom. The Hall–Kier alpha value is -3.25. The van der Waals surface area contributed by atoms with Gasteiger partial charge in [-0.25, -0.2) is 9.07 Å². The maximum Gasteiger partial charge on any atom is 0.124 e. The number of rotatable bonds is 6. The van der Waals surface area contributed by atoms with E-state index in [0.29, 0.717) is 6.54 Å². The maximum atomic E-state index is 13.4. The molecule has 0 N–H and O–H groups in total. The molecule has 0 saturated carbocycles. The molecule has 2 aromatic carbocycles. The molecule has 5 nitrogen and oxygen atoms in total. The molecule has 0 aliphatic carbocycles. The standard InChI is InChI=1S/C23H23FN4O/c1-16-4-10-21(11-5-16)28-15-19(14-27(3)17(2)22-12-13-29-26-22)23(25-28)18-6-8-20(24)9-7-18/h4-13,15,17H,14H2,1-3H3/t17-/m0/s1. The Morgan fingerprint density at radius 1 is 1.07 bits per heavy atom. The lowest BCUT2D eigenvalue weighted by Crippen LogP contribution is -2.22. The Kier molecular flexibility index (Phi) is 5.27. The van der Waals surface area contributed by atoms with E-state index in [1.807, 2.05) is 36.1 Å². The molecule has 2 aromatic heterocycles. The number of aryl methyl sites for hydroxylation is 1. The molecule has 4 rings (SSSR count). The summed E-state index contributed by atoms with van der Waals surface area (Å²) in [6.07, 6.45) is 3.62. The van der Waals surface area contributed by atoms with E-state index in [-0.39, 0.29) is 11.9 Å². The molecule has 0 unspecified atom stereocenters. The third-order valence-corrected chi connectivity index (χ3v) is 5.17. The number of nitrogens with zero attached hydrogens (tertiary/aromatic N) is 4. The molecule has 148 valence electrons. The Labute approximate surface area is 169 Å². The van der Waals surface area contributed by atoms with Gasteiger partial charge in [0.15, 0.2) is 0 Å². The third-order valence-electron chi connectivity index (χ3n) is 5.17. The van der Waals surface area contributed by atoms with Crippen molar-refractivity contribution in [2.75, 3.05) is 7.05 Å². The first-order valence-electron chi connectivity index (χ1n) is 9.53. The Morgan fingerprint density at radius 3 is 2.45 bits per heavy atom. The van der Waals surface area contributed by atoms with Gasteiger partial charge in [-0.3, -0.25) is 4.90 Å². The van der Waals surface area contributed by atoms with Crippen molar-refractivity contribution in [2.24, 2.45) is 0 Å². The van der Waals surface area contributed by atoms with E-state index in [9.17, 15) is 4.39 Å². The molecule has 0 aliphatic heterocycles. The second kappa shape index (κ2) is 8.01. The molecule has 0 saturated heterocycles. The van der Waals surface area contributed by atoms with E-state index in [4.69, 9.17) is 9.62 Å². The van der Waals surface area contributed by atoms with Crippen LogP contribution in [-0.4, -0.2) is 26.9 Å². The van der Waals surface area contributed by atoms with Gasteiger partial charge in [-0.15, -0.1) is 0 Å². The molecular formula is C23H23FN4O. The summed E-state index contributed by atoms with van der Waals surface area (Å²) in [6.45, 7) is 4.80. The molecule has 4 aromatic rings. The SMILES string of the molecule is Cc1ccc(-n2cc(CN(C)[C@@H](C)c3ccon3)c(-c3ccc(F)cc3)n2)cc1. The summed E-state index contributed by atoms with van der Waals surface area (Å²) in [5, 5.41) is 8.87. The number of hydrogen-bond acceptors (Lipinski definition) is 4. The summed E-state index contributed by atoms with van der Waals surface area (Å²) >= 11 is 0. The molecule has 0 amide bonds. The first kappa shape index (κ1) is 19.1. The first-order chi connectivity index (χ1) is 14.0. The van der Waals surface area contributed by atoms with Crippen molar-refractivity contribution in [3.8, 4) is 16.9 Å². The highest BCUT2D eigenvalue weighted by Gasteiger charge is 2.19. The lowest BCUT2D eigenvalue weighted by Gasteiger charge is -2.22. The Bertz CT molecular complexity index is 1070. The molecule has 0 radical (unpaired) electrons. The van der Waals surface area contributed by atoms with Crippen molar-refractivity contribution in [1.82, 2.24) is 19.8 Å². The smallest absolute Gasteiger partial charge is 0.124 e. The number of aromatic nitrogens is 3. The van der Waals surface area contributed by atoms with Gasteiger partial charge in [0.25, 0.3) is 0 Å². The number of halogens is 1. The topological polar surface area (TPSA) is 47.1 Å². The van der Waals surface area contributed by atoms with Crippen molar-refractivity contribution in [2.45, 2.75) is 26.4 Å². The monoisotopic (exact) mass is 390 g/mol. The van der Waals surface area contributed by atoms with Crippen LogP contribution in [0.3, 0.4) is 0 Å². The molecule has 0 bridgehead atoms. The molecule has 6 heteroatoms. The summed E-state index contributed by atoms with van der Waals surface area (Å²) in [6, 6.07) is 16.6. The summed E-state index contributed by atoms with van der Waals surface area (Å²) in [5.41, 5.74) is 5.83. The van der Waals surface area contributed by atoms with Crippen LogP contribution >= 0.6 is 0 Å². The van der Waals surface area contributed by atoms with Crippen molar-refractivity contribution < 1.29 is 8.91 Å². The van der Waals surface area contributed by atoms with Crippen LogP contribution in [0.2, 0.25) is 0 Å². The molecule has 1 atom stereocenters. The Balaban J connectivity index is 1.70. The summed E-state index contributed by atoms with van der Waals surface area (Å²) in [7, 11) is 2.04. The minimum Gasteiger partial charge on any atom is -0.364 e. The zero-order valence-corrected chi connectivity index (χ0v) is 16.7. The largest absolute Gasteiger partial charge is 0.364 e. The fraction of sp³-hybridized carbons (Fsp3) is 0.217. The average Bonchev–Trinajstić information content (AvgIpc) is 3.39. The van der Waals surface area contributed by atoms with Gasteiger partial charge in [0.05, 0.1) is 17.4 Å². The highest BCUT2D eigenvalue weighted by atomic mass is 19.1. The minimum atomic E-state index is -0.259. The van der Waals surface area contributed by atoms with Crippen LogP contribution in [0.25, 0.3) is 16.9 Å². The van der Waals surface area contributed by atoms with Crippen LogP contribution in [0.5, 0.6) is 0 Å². The van der Waals surface area contributed by atoms with Gasteiger partial charge in [-0.1, -0.05) is 22.9 Å². The molecule has 0 spiro atoms. The van der Waals surface area contributed by atoms with Gasteiger partial charge in [0.1, 0.15) is 17.8 Å². The molecule has 0 aliphatic rings. The predicted octanol–water partition coefficient (Wildman–Crippen LogP) is 5.17. The van der Waals surface area contributed by atoms with Crippen LogP contribution in [-0.2, 0) is 6.54 Å². The normalized spacial score (nSPS) is 12.4. The molecular weight excluding hydrogens is 367 g/mol. The van der Waals surface area contributed by atoms with Crippen molar-refractivity contribution >= 4 is 0 Å². The highest BCUT2D eigenvalue weighted by Crippen LogP contribution is 2.27. The van der Waals surface area contributed by atoms with Crippen LogP contribution in [0.1, 0.15) is 29.8 Å². The van der Waals surface area contributed by atoms with E-state index in [2.05, 4.69) is 36.0 Å². The third kappa shape index (κ3) is 4.12.